The van der Waals surface area contributed by atoms with Crippen molar-refractivity contribution in [3.05, 3.63) is 48.6 Å². The van der Waals surface area contributed by atoms with E-state index in [1.165, 1.54) is 6.08 Å². The monoisotopic (exact) mass is 402 g/mol. The molecule has 6 heteroatoms. The summed E-state index contributed by atoms with van der Waals surface area (Å²) in [5.41, 5.74) is 0.892. The van der Waals surface area contributed by atoms with E-state index < -0.39 is 12.0 Å². The van der Waals surface area contributed by atoms with Crippen molar-refractivity contribution in [2.24, 2.45) is 0 Å². The van der Waals surface area contributed by atoms with Gasteiger partial charge in [0.25, 0.3) is 0 Å². The number of carbonyl (C=O) groups excluding carboxylic acids is 2. The Morgan fingerprint density at radius 3 is 2.10 bits per heavy atom. The second kappa shape index (κ2) is 15.3. The highest BCUT2D eigenvalue weighted by Crippen LogP contribution is 2.10. The summed E-state index contributed by atoms with van der Waals surface area (Å²) in [4.78, 5) is 34.4. The maximum absolute atomic E-state index is 12.0. The molecule has 160 valence electrons. The average Bonchev–Trinajstić information content (AvgIpc) is 2.71. The highest BCUT2D eigenvalue weighted by Gasteiger charge is 2.19. The lowest BCUT2D eigenvalue weighted by atomic mass is 10.0. The average molecular weight is 403 g/mol. The normalized spacial score (nSPS) is 11.4. The molecule has 0 saturated heterocycles. The summed E-state index contributed by atoms with van der Waals surface area (Å²) >= 11 is 0. The fourth-order valence-electron chi connectivity index (χ4n) is 3.07. The summed E-state index contributed by atoms with van der Waals surface area (Å²) in [6.07, 6.45) is 10.3. The molecule has 1 atom stereocenters. The molecule has 0 fully saturated rings. The first-order chi connectivity index (χ1) is 14.0. The summed E-state index contributed by atoms with van der Waals surface area (Å²) in [5.74, 6) is -1.33. The molecule has 0 aliphatic heterocycles. The maximum atomic E-state index is 12.0. The molecule has 0 aromatic heterocycles. The first-order valence-corrected chi connectivity index (χ1v) is 10.5. The summed E-state index contributed by atoms with van der Waals surface area (Å²) in [7, 11) is 0. The molecular formula is C23H34N2O4. The zero-order chi connectivity index (χ0) is 21.3. The first-order valence-electron chi connectivity index (χ1n) is 10.5. The zero-order valence-corrected chi connectivity index (χ0v) is 17.2. The Hall–Kier alpha value is -2.63. The predicted octanol–water partition coefficient (Wildman–Crippen LogP) is 3.61. The van der Waals surface area contributed by atoms with Crippen molar-refractivity contribution in [2.75, 3.05) is 6.54 Å². The number of rotatable bonds is 16. The van der Waals surface area contributed by atoms with Gasteiger partial charge in [-0.3, -0.25) is 9.59 Å². The van der Waals surface area contributed by atoms with Gasteiger partial charge in [0.05, 0.1) is 0 Å². The van der Waals surface area contributed by atoms with Crippen LogP contribution in [0.4, 0.5) is 0 Å². The van der Waals surface area contributed by atoms with E-state index in [9.17, 15) is 19.5 Å². The molecule has 0 radical (unpaired) electrons. The second-order valence-corrected chi connectivity index (χ2v) is 7.22. The lowest BCUT2D eigenvalue weighted by Gasteiger charge is -2.14. The molecular weight excluding hydrogens is 368 g/mol. The third-order valence-electron chi connectivity index (χ3n) is 4.73. The van der Waals surface area contributed by atoms with Crippen molar-refractivity contribution in [3.63, 3.8) is 0 Å². The lowest BCUT2D eigenvalue weighted by Crippen LogP contribution is -2.42. The van der Waals surface area contributed by atoms with Crippen LogP contribution in [0, 0.1) is 0 Å². The third kappa shape index (κ3) is 12.4. The number of hydrogen-bond donors (Lipinski definition) is 3. The molecule has 0 aliphatic rings. The fourth-order valence-corrected chi connectivity index (χ4v) is 3.07. The predicted molar refractivity (Wildman–Crippen MR) is 114 cm³/mol. The molecule has 3 N–H and O–H groups in total. The topological polar surface area (TPSA) is 95.5 Å². The fraction of sp³-hybridized carbons (Fsp3) is 0.522. The largest absolute Gasteiger partial charge is 0.480 e. The number of benzene rings is 1. The van der Waals surface area contributed by atoms with Crippen molar-refractivity contribution >= 4 is 17.8 Å². The van der Waals surface area contributed by atoms with Crippen LogP contribution in [-0.4, -0.2) is 35.5 Å². The summed E-state index contributed by atoms with van der Waals surface area (Å²) < 4.78 is 0. The molecule has 2 amide bonds. The van der Waals surface area contributed by atoms with Gasteiger partial charge in [-0.15, -0.1) is 0 Å². The van der Waals surface area contributed by atoms with Crippen LogP contribution in [0.3, 0.4) is 0 Å². The van der Waals surface area contributed by atoms with E-state index in [-0.39, 0.29) is 11.8 Å². The molecule has 0 heterocycles. The number of aliphatic carboxylic acids is 1. The zero-order valence-electron chi connectivity index (χ0n) is 17.2. The number of carboxylic acids is 1. The van der Waals surface area contributed by atoms with Gasteiger partial charge in [0, 0.05) is 19.4 Å². The number of unbranched alkanes of at least 4 members (excludes halogenated alkanes) is 7. The minimum atomic E-state index is -1.01. The van der Waals surface area contributed by atoms with Gasteiger partial charge in [-0.05, 0) is 24.5 Å². The Morgan fingerprint density at radius 1 is 0.931 bits per heavy atom. The molecule has 0 unspecified atom stereocenters. The molecule has 0 spiro atoms. The molecule has 0 aliphatic carbocycles. The molecule has 29 heavy (non-hydrogen) atoms. The minimum absolute atomic E-state index is 0.122. The van der Waals surface area contributed by atoms with Crippen LogP contribution in [0.25, 0.3) is 0 Å². The highest BCUT2D eigenvalue weighted by molar-refractivity contribution is 5.86. The van der Waals surface area contributed by atoms with Crippen molar-refractivity contribution in [2.45, 2.75) is 70.3 Å². The number of nitrogens with one attached hydrogen (secondary N) is 2. The SMILES string of the molecule is C=CC(=O)NCCCCCCCCCCC(=O)N[C@@H](Cc1ccccc1)C(=O)O. The maximum Gasteiger partial charge on any atom is 0.326 e. The number of amides is 2. The smallest absolute Gasteiger partial charge is 0.326 e. The van der Waals surface area contributed by atoms with Gasteiger partial charge in [-0.2, -0.15) is 0 Å². The highest BCUT2D eigenvalue weighted by atomic mass is 16.4. The van der Waals surface area contributed by atoms with Crippen LogP contribution in [-0.2, 0) is 20.8 Å². The molecule has 0 bridgehead atoms. The van der Waals surface area contributed by atoms with Gasteiger partial charge < -0.3 is 15.7 Å². The molecule has 1 aromatic rings. The Balaban J connectivity index is 2.04. The van der Waals surface area contributed by atoms with Crippen molar-refractivity contribution in [1.82, 2.24) is 10.6 Å². The van der Waals surface area contributed by atoms with E-state index in [4.69, 9.17) is 0 Å². The van der Waals surface area contributed by atoms with Crippen LogP contribution in [0.15, 0.2) is 43.0 Å². The van der Waals surface area contributed by atoms with Gasteiger partial charge in [0.2, 0.25) is 11.8 Å². The van der Waals surface area contributed by atoms with Gasteiger partial charge in [-0.1, -0.05) is 75.4 Å². The van der Waals surface area contributed by atoms with Crippen LogP contribution >= 0.6 is 0 Å². The van der Waals surface area contributed by atoms with E-state index in [2.05, 4.69) is 17.2 Å². The number of carbonyl (C=O) groups is 3. The van der Waals surface area contributed by atoms with Crippen molar-refractivity contribution in [1.29, 1.82) is 0 Å². The first kappa shape index (κ1) is 24.4. The summed E-state index contributed by atoms with van der Waals surface area (Å²) in [5, 5.41) is 14.7. The number of hydrogen-bond acceptors (Lipinski definition) is 3. The van der Waals surface area contributed by atoms with E-state index in [1.807, 2.05) is 30.3 Å². The van der Waals surface area contributed by atoms with Crippen LogP contribution in [0.2, 0.25) is 0 Å². The lowest BCUT2D eigenvalue weighted by molar-refractivity contribution is -0.141. The standard InChI is InChI=1S/C23H34N2O4/c1-2-21(26)24-17-13-8-6-4-3-5-7-12-16-22(27)25-20(23(28)29)18-19-14-10-9-11-15-19/h2,9-11,14-15,20H,1,3-8,12-13,16-18H2,(H,24,26)(H,25,27)(H,28,29)/t20-/m0/s1. The Kier molecular flexibility index (Phi) is 12.9. The van der Waals surface area contributed by atoms with Gasteiger partial charge >= 0.3 is 5.97 Å². The van der Waals surface area contributed by atoms with Crippen LogP contribution < -0.4 is 10.6 Å². The summed E-state index contributed by atoms with van der Waals surface area (Å²) in [6.45, 7) is 4.11. The van der Waals surface area contributed by atoms with Crippen LogP contribution in [0.5, 0.6) is 0 Å². The number of carboxylic acid groups (broad SMARTS) is 1. The quantitative estimate of drug-likeness (QED) is 0.291. The Bertz CT molecular complexity index is 631. The van der Waals surface area contributed by atoms with E-state index in [1.54, 1.807) is 0 Å². The Morgan fingerprint density at radius 2 is 1.52 bits per heavy atom. The van der Waals surface area contributed by atoms with Crippen LogP contribution in [0.1, 0.15) is 63.4 Å². The van der Waals surface area contributed by atoms with E-state index in [0.29, 0.717) is 19.4 Å². The molecule has 0 saturated carbocycles. The van der Waals surface area contributed by atoms with Crippen molar-refractivity contribution < 1.29 is 19.5 Å². The molecule has 1 aromatic carbocycles. The third-order valence-corrected chi connectivity index (χ3v) is 4.73. The van der Waals surface area contributed by atoms with E-state index >= 15 is 0 Å². The summed E-state index contributed by atoms with van der Waals surface area (Å²) in [6, 6.07) is 8.43. The van der Waals surface area contributed by atoms with Gasteiger partial charge in [-0.25, -0.2) is 4.79 Å². The Labute approximate surface area is 173 Å². The molecule has 6 nitrogen and oxygen atoms in total. The molecule has 1 rings (SSSR count). The van der Waals surface area contributed by atoms with Crippen molar-refractivity contribution in [3.8, 4) is 0 Å². The minimum Gasteiger partial charge on any atom is -0.480 e. The second-order valence-electron chi connectivity index (χ2n) is 7.22. The van der Waals surface area contributed by atoms with Gasteiger partial charge in [0.15, 0.2) is 0 Å². The van der Waals surface area contributed by atoms with E-state index in [0.717, 1.165) is 56.9 Å². The van der Waals surface area contributed by atoms with Gasteiger partial charge in [0.1, 0.15) is 6.04 Å².